The van der Waals surface area contributed by atoms with Gasteiger partial charge in [0.2, 0.25) is 0 Å². The summed E-state index contributed by atoms with van der Waals surface area (Å²) in [6.45, 7) is 2.11. The lowest BCUT2D eigenvalue weighted by Crippen LogP contribution is -2.32. The number of amides is 1. The van der Waals surface area contributed by atoms with Crippen molar-refractivity contribution in [1.29, 1.82) is 0 Å². The van der Waals surface area contributed by atoms with Crippen LogP contribution in [0, 0.1) is 0 Å². The summed E-state index contributed by atoms with van der Waals surface area (Å²) in [6.07, 6.45) is 0. The molecule has 1 N–H and O–H groups in total. The Balaban J connectivity index is 2.92. The Morgan fingerprint density at radius 3 is 2.44 bits per heavy atom. The van der Waals surface area contributed by atoms with E-state index < -0.39 is 11.9 Å². The van der Waals surface area contributed by atoms with Gasteiger partial charge in [-0.1, -0.05) is 12.1 Å². The fourth-order valence-electron chi connectivity index (χ4n) is 1.30. The highest BCUT2D eigenvalue weighted by atomic mass is 32.1. The Labute approximate surface area is 110 Å². The summed E-state index contributed by atoms with van der Waals surface area (Å²) in [6, 6.07) is 6.30. The molecule has 1 rings (SSSR count). The van der Waals surface area contributed by atoms with Gasteiger partial charge in [0.15, 0.2) is 0 Å². The fraction of sp³-hybridized carbons (Fsp3) is 0.250. The molecule has 1 amide bonds. The van der Waals surface area contributed by atoms with Crippen molar-refractivity contribution >= 4 is 29.3 Å². The Kier molecular flexibility index (Phi) is 5.26. The Bertz CT molecular complexity index is 473. The number of hydrogen-bond donors (Lipinski definition) is 1. The minimum atomic E-state index is -0.580. The van der Waals surface area contributed by atoms with Gasteiger partial charge in [-0.05, 0) is 31.3 Å². The second kappa shape index (κ2) is 6.70. The number of benzene rings is 1. The standard InChI is InChI=1S/C12H13NO4S/c1-3-17-12(18)13-10(14)8-6-4-5-7-9(8)11(15)16-2/h4-7H,3H2,1-2H3,(H,13,14,18). The molecule has 5 nitrogen and oxygen atoms in total. The van der Waals surface area contributed by atoms with Gasteiger partial charge < -0.3 is 9.47 Å². The van der Waals surface area contributed by atoms with Crippen molar-refractivity contribution in [2.75, 3.05) is 13.7 Å². The van der Waals surface area contributed by atoms with E-state index in [0.717, 1.165) is 0 Å². The molecule has 0 aromatic heterocycles. The molecule has 0 bridgehead atoms. The van der Waals surface area contributed by atoms with Gasteiger partial charge in [-0.2, -0.15) is 0 Å². The highest BCUT2D eigenvalue weighted by molar-refractivity contribution is 7.80. The van der Waals surface area contributed by atoms with E-state index in [4.69, 9.17) is 17.0 Å². The van der Waals surface area contributed by atoms with Crippen LogP contribution in [0.4, 0.5) is 0 Å². The first-order chi connectivity index (χ1) is 8.60. The van der Waals surface area contributed by atoms with Gasteiger partial charge in [0.25, 0.3) is 11.1 Å². The maximum absolute atomic E-state index is 11.9. The lowest BCUT2D eigenvalue weighted by molar-refractivity contribution is 0.0596. The van der Waals surface area contributed by atoms with E-state index in [0.29, 0.717) is 6.61 Å². The first-order valence-corrected chi connectivity index (χ1v) is 5.66. The Morgan fingerprint density at radius 2 is 1.89 bits per heavy atom. The first-order valence-electron chi connectivity index (χ1n) is 5.25. The topological polar surface area (TPSA) is 64.6 Å². The van der Waals surface area contributed by atoms with Crippen molar-refractivity contribution in [3.05, 3.63) is 35.4 Å². The molecule has 6 heteroatoms. The van der Waals surface area contributed by atoms with Crippen molar-refractivity contribution in [3.63, 3.8) is 0 Å². The maximum Gasteiger partial charge on any atom is 0.338 e. The molecule has 0 fully saturated rings. The third kappa shape index (κ3) is 3.53. The summed E-state index contributed by atoms with van der Waals surface area (Å²) in [5, 5.41) is 2.35. The highest BCUT2D eigenvalue weighted by Gasteiger charge is 2.17. The quantitative estimate of drug-likeness (QED) is 0.664. The third-order valence-corrected chi connectivity index (χ3v) is 2.29. The van der Waals surface area contributed by atoms with Gasteiger partial charge in [-0.3, -0.25) is 10.1 Å². The SMILES string of the molecule is CCOC(=S)NC(=O)c1ccccc1C(=O)OC. The van der Waals surface area contributed by atoms with Crippen molar-refractivity contribution in [1.82, 2.24) is 5.32 Å². The fourth-order valence-corrected chi connectivity index (χ4v) is 1.51. The molecule has 0 aliphatic rings. The lowest BCUT2D eigenvalue weighted by atomic mass is 10.1. The second-order valence-corrected chi connectivity index (χ2v) is 3.58. The van der Waals surface area contributed by atoms with Crippen molar-refractivity contribution in [3.8, 4) is 0 Å². The predicted molar refractivity (Wildman–Crippen MR) is 69.5 cm³/mol. The van der Waals surface area contributed by atoms with Crippen LogP contribution < -0.4 is 5.32 Å². The van der Waals surface area contributed by atoms with Gasteiger partial charge in [-0.15, -0.1) is 0 Å². The summed E-state index contributed by atoms with van der Waals surface area (Å²) in [7, 11) is 1.25. The third-order valence-electron chi connectivity index (χ3n) is 2.07. The number of carbonyl (C=O) groups is 2. The molecule has 0 atom stereocenters. The van der Waals surface area contributed by atoms with Gasteiger partial charge >= 0.3 is 5.97 Å². The van der Waals surface area contributed by atoms with Gasteiger partial charge in [-0.25, -0.2) is 4.79 Å². The first kappa shape index (κ1) is 14.1. The second-order valence-electron chi connectivity index (χ2n) is 3.21. The zero-order valence-corrected chi connectivity index (χ0v) is 10.9. The monoisotopic (exact) mass is 267 g/mol. The molecule has 0 saturated carbocycles. The number of thiocarbonyl (C=S) groups is 1. The number of methoxy groups -OCH3 is 1. The molecular formula is C12H13NO4S. The van der Waals surface area contributed by atoms with E-state index in [1.165, 1.54) is 19.2 Å². The van der Waals surface area contributed by atoms with Gasteiger partial charge in [0.1, 0.15) is 0 Å². The van der Waals surface area contributed by atoms with Gasteiger partial charge in [0.05, 0.1) is 24.8 Å². The van der Waals surface area contributed by atoms with Crippen LogP contribution in [0.5, 0.6) is 0 Å². The van der Waals surface area contributed by atoms with Crippen molar-refractivity contribution < 1.29 is 19.1 Å². The van der Waals surface area contributed by atoms with E-state index in [2.05, 4.69) is 10.1 Å². The maximum atomic E-state index is 11.9. The number of esters is 1. The number of rotatable bonds is 3. The van der Waals surface area contributed by atoms with Crippen LogP contribution >= 0.6 is 12.2 Å². The molecule has 0 aliphatic carbocycles. The molecule has 0 aliphatic heterocycles. The molecule has 0 unspecified atom stereocenters. The highest BCUT2D eigenvalue weighted by Crippen LogP contribution is 2.10. The molecule has 0 saturated heterocycles. The average Bonchev–Trinajstić information content (AvgIpc) is 2.38. The molecule has 18 heavy (non-hydrogen) atoms. The molecule has 1 aromatic rings. The summed E-state index contributed by atoms with van der Waals surface area (Å²) in [5.41, 5.74) is 0.364. The van der Waals surface area contributed by atoms with Crippen LogP contribution in [0.3, 0.4) is 0 Å². The summed E-state index contributed by atoms with van der Waals surface area (Å²) in [4.78, 5) is 23.4. The zero-order valence-electron chi connectivity index (χ0n) is 10.1. The van der Waals surface area contributed by atoms with Crippen LogP contribution in [0.1, 0.15) is 27.6 Å². The van der Waals surface area contributed by atoms with Crippen molar-refractivity contribution in [2.45, 2.75) is 6.92 Å². The molecule has 1 aromatic carbocycles. The molecule has 0 heterocycles. The number of hydrogen-bond acceptors (Lipinski definition) is 5. The van der Waals surface area contributed by atoms with Gasteiger partial charge in [0, 0.05) is 0 Å². The lowest BCUT2D eigenvalue weighted by Gasteiger charge is -2.09. The number of ether oxygens (including phenoxy) is 2. The normalized spacial score (nSPS) is 9.44. The van der Waals surface area contributed by atoms with Crippen LogP contribution in [-0.4, -0.2) is 30.8 Å². The summed E-state index contributed by atoms with van der Waals surface area (Å²) in [5.74, 6) is -1.09. The van der Waals surface area contributed by atoms with Crippen LogP contribution in [0.25, 0.3) is 0 Å². The Morgan fingerprint density at radius 1 is 1.28 bits per heavy atom. The smallest absolute Gasteiger partial charge is 0.338 e. The molecular weight excluding hydrogens is 254 g/mol. The van der Waals surface area contributed by atoms with E-state index in [1.807, 2.05) is 0 Å². The average molecular weight is 267 g/mol. The largest absolute Gasteiger partial charge is 0.471 e. The van der Waals surface area contributed by atoms with Crippen LogP contribution in [0.2, 0.25) is 0 Å². The van der Waals surface area contributed by atoms with E-state index in [9.17, 15) is 9.59 Å². The molecule has 0 radical (unpaired) electrons. The minimum absolute atomic E-state index is 0.0258. The number of nitrogens with one attached hydrogen (secondary N) is 1. The van der Waals surface area contributed by atoms with E-state index >= 15 is 0 Å². The van der Waals surface area contributed by atoms with E-state index in [1.54, 1.807) is 19.1 Å². The van der Waals surface area contributed by atoms with Crippen LogP contribution in [0.15, 0.2) is 24.3 Å². The molecule has 96 valence electrons. The minimum Gasteiger partial charge on any atom is -0.471 e. The summed E-state index contributed by atoms with van der Waals surface area (Å²) < 4.78 is 9.54. The predicted octanol–water partition coefficient (Wildman–Crippen LogP) is 1.52. The number of carbonyl (C=O) groups excluding carboxylic acids is 2. The zero-order chi connectivity index (χ0) is 13.5. The Hall–Kier alpha value is -1.95. The molecule has 0 spiro atoms. The van der Waals surface area contributed by atoms with Crippen molar-refractivity contribution in [2.24, 2.45) is 0 Å². The van der Waals surface area contributed by atoms with E-state index in [-0.39, 0.29) is 16.3 Å². The van der Waals surface area contributed by atoms with Crippen LogP contribution in [-0.2, 0) is 9.47 Å². The summed E-state index contributed by atoms with van der Waals surface area (Å²) >= 11 is 4.80.